The van der Waals surface area contributed by atoms with E-state index in [9.17, 15) is 9.90 Å². The predicted molar refractivity (Wildman–Crippen MR) is 202 cm³/mol. The number of benzene rings is 3. The van der Waals surface area contributed by atoms with E-state index in [1.165, 1.54) is 31.3 Å². The molecule has 1 aliphatic rings. The second-order valence-corrected chi connectivity index (χ2v) is 15.1. The molecule has 2 unspecified atom stereocenters. The van der Waals surface area contributed by atoms with E-state index in [0.717, 1.165) is 40.0 Å². The third-order valence-corrected chi connectivity index (χ3v) is 11.1. The van der Waals surface area contributed by atoms with Crippen LogP contribution in [0.4, 0.5) is 8.78 Å². The number of fused-ring (bicyclic) bond motifs is 5. The quantitative estimate of drug-likeness (QED) is 0.173. The number of rotatable bonds is 6. The van der Waals surface area contributed by atoms with Crippen LogP contribution < -0.4 is 10.5 Å². The number of nitrogens with two attached hydrogens (primary N) is 1. The Morgan fingerprint density at radius 1 is 1.16 bits per heavy atom. The van der Waals surface area contributed by atoms with E-state index in [2.05, 4.69) is 23.8 Å². The number of esters is 1. The summed E-state index contributed by atoms with van der Waals surface area (Å²) in [4.78, 5) is 24.5. The van der Waals surface area contributed by atoms with E-state index in [1.807, 2.05) is 37.3 Å². The Bertz CT molecular complexity index is 1920. The van der Waals surface area contributed by atoms with Gasteiger partial charge in [0.25, 0.3) is 0 Å². The van der Waals surface area contributed by atoms with Crippen molar-refractivity contribution in [1.82, 2.24) is 4.98 Å². The largest absolute Gasteiger partial charge is 0.466 e. The summed E-state index contributed by atoms with van der Waals surface area (Å²) in [5.74, 6) is 0.192. The highest BCUT2D eigenvalue weighted by atomic mass is 32.2. The first-order valence-corrected chi connectivity index (χ1v) is 18.6. The van der Waals surface area contributed by atoms with E-state index in [1.54, 1.807) is 24.9 Å². The molecule has 0 spiro atoms. The standard InChI is InChI=1S/C40H48F2N4O4S/c1-6-49-37(48)25(2)19-26-9-7-10-27(20-26)40(23-47)16-8-15-39(3,4)24-51-18-14-30-29-13-17-45-34(29)22-33(42)35(30)50-28-11-12-32(41)31(21-28)36(44-5)46-38(40)43/h7,9-13,17,20-22,25,45,47H,6,8,14-16,18-19,23-24H2,1-5H3,(H2,43,44,46). The number of carbonyl (C=O) groups is 1. The summed E-state index contributed by atoms with van der Waals surface area (Å²) >= 11 is 1.80. The Morgan fingerprint density at radius 3 is 2.71 bits per heavy atom. The first-order chi connectivity index (χ1) is 24.4. The van der Waals surface area contributed by atoms with Crippen molar-refractivity contribution >= 4 is 40.3 Å². The SMILES string of the molecule is CCOC(=O)C(C)Cc1cccc(C2(CO)CCCC(C)(C)CSCCc3c(c(F)cc4[nH]ccc34)Oc3ccc(F)c(c3)C(=NC)N=C2N)c1. The van der Waals surface area contributed by atoms with Crippen molar-refractivity contribution in [3.63, 3.8) is 0 Å². The Balaban J connectivity index is 1.61. The van der Waals surface area contributed by atoms with Crippen LogP contribution in [0.5, 0.6) is 11.5 Å². The fraction of sp³-hybridized carbons (Fsp3) is 0.425. The number of aromatic amines is 1. The molecule has 2 bridgehead atoms. The van der Waals surface area contributed by atoms with Crippen molar-refractivity contribution in [3.8, 4) is 11.5 Å². The van der Waals surface area contributed by atoms with Gasteiger partial charge in [-0.15, -0.1) is 0 Å². The van der Waals surface area contributed by atoms with Gasteiger partial charge in [0.05, 0.1) is 30.1 Å². The molecule has 0 fully saturated rings. The molecule has 4 aromatic rings. The molecule has 8 nitrogen and oxygen atoms in total. The van der Waals surface area contributed by atoms with Gasteiger partial charge in [-0.25, -0.2) is 13.8 Å². The average molecular weight is 719 g/mol. The van der Waals surface area contributed by atoms with E-state index >= 15 is 8.78 Å². The van der Waals surface area contributed by atoms with Crippen LogP contribution in [0.15, 0.2) is 70.8 Å². The lowest BCUT2D eigenvalue weighted by Crippen LogP contribution is -2.45. The third kappa shape index (κ3) is 8.64. The smallest absolute Gasteiger partial charge is 0.308 e. The van der Waals surface area contributed by atoms with Crippen molar-refractivity contribution in [2.75, 3.05) is 31.8 Å². The maximum Gasteiger partial charge on any atom is 0.308 e. The van der Waals surface area contributed by atoms with E-state index < -0.39 is 17.0 Å². The van der Waals surface area contributed by atoms with Crippen LogP contribution >= 0.6 is 11.8 Å². The molecule has 1 aliphatic heterocycles. The number of halogens is 2. The highest BCUT2D eigenvalue weighted by Gasteiger charge is 2.37. The van der Waals surface area contributed by atoms with Gasteiger partial charge in [-0.1, -0.05) is 51.5 Å². The number of aromatic nitrogens is 1. The fourth-order valence-electron chi connectivity index (χ4n) is 6.74. The van der Waals surface area contributed by atoms with Gasteiger partial charge in [-0.05, 0) is 84.9 Å². The minimum atomic E-state index is -1.14. The summed E-state index contributed by atoms with van der Waals surface area (Å²) < 4.78 is 42.6. The first-order valence-electron chi connectivity index (χ1n) is 17.4. The van der Waals surface area contributed by atoms with Gasteiger partial charge in [0.15, 0.2) is 17.4 Å². The topological polar surface area (TPSA) is 122 Å². The Labute approximate surface area is 302 Å². The Morgan fingerprint density at radius 2 is 1.96 bits per heavy atom. The van der Waals surface area contributed by atoms with Gasteiger partial charge in [0.1, 0.15) is 17.4 Å². The minimum Gasteiger partial charge on any atom is -0.466 e. The molecule has 3 aromatic carbocycles. The molecule has 1 aromatic heterocycles. The number of aliphatic hydroxyl groups is 1. The molecule has 0 saturated heterocycles. The van der Waals surface area contributed by atoms with Crippen LogP contribution in [0.1, 0.15) is 69.2 Å². The number of hydrogen-bond acceptors (Lipinski definition) is 7. The van der Waals surface area contributed by atoms with Gasteiger partial charge in [-0.3, -0.25) is 9.79 Å². The molecule has 51 heavy (non-hydrogen) atoms. The van der Waals surface area contributed by atoms with Crippen molar-refractivity contribution in [2.24, 2.45) is 27.1 Å². The molecule has 2 atom stereocenters. The Hall–Kier alpha value is -4.22. The van der Waals surface area contributed by atoms with Crippen molar-refractivity contribution in [3.05, 3.63) is 94.7 Å². The second kappa shape index (κ2) is 16.4. The third-order valence-electron chi connectivity index (χ3n) is 9.62. The maximum absolute atomic E-state index is 15.6. The molecule has 0 saturated carbocycles. The van der Waals surface area contributed by atoms with Gasteiger partial charge in [0, 0.05) is 35.8 Å². The second-order valence-electron chi connectivity index (χ2n) is 14.0. The summed E-state index contributed by atoms with van der Waals surface area (Å²) in [5.41, 5.74) is 8.73. The zero-order valence-electron chi connectivity index (χ0n) is 30.0. The number of aryl methyl sites for hydroxylation is 1. The molecule has 0 radical (unpaired) electrons. The molecule has 0 amide bonds. The normalized spacial score (nSPS) is 20.1. The monoisotopic (exact) mass is 718 g/mol. The fourth-order valence-corrected chi connectivity index (χ4v) is 7.93. The number of thioether (sulfide) groups is 1. The molecule has 272 valence electrons. The number of nitrogens with one attached hydrogen (secondary N) is 1. The highest BCUT2D eigenvalue weighted by Crippen LogP contribution is 2.39. The number of carbonyl (C=O) groups excluding carboxylic acids is 1. The summed E-state index contributed by atoms with van der Waals surface area (Å²) in [6.07, 6.45) is 4.79. The molecule has 11 heteroatoms. The lowest BCUT2D eigenvalue weighted by atomic mass is 9.73. The molecular formula is C40H48F2N4O4S. The number of ether oxygens (including phenoxy) is 2. The zero-order valence-corrected chi connectivity index (χ0v) is 30.8. The molecule has 5 rings (SSSR count). The lowest BCUT2D eigenvalue weighted by molar-refractivity contribution is -0.147. The van der Waals surface area contributed by atoms with Crippen LogP contribution in [0.25, 0.3) is 10.9 Å². The Kier molecular flexibility index (Phi) is 12.2. The number of amidine groups is 2. The number of aliphatic imine (C=N–C) groups is 2. The van der Waals surface area contributed by atoms with Crippen LogP contribution in [0.3, 0.4) is 0 Å². The van der Waals surface area contributed by atoms with E-state index in [-0.39, 0.29) is 52.6 Å². The number of hydrogen-bond donors (Lipinski definition) is 3. The molecular weight excluding hydrogens is 671 g/mol. The van der Waals surface area contributed by atoms with Gasteiger partial charge >= 0.3 is 5.97 Å². The summed E-state index contributed by atoms with van der Waals surface area (Å²) in [5, 5.41) is 12.1. The maximum atomic E-state index is 15.6. The number of aliphatic hydroxyl groups excluding tert-OH is 1. The van der Waals surface area contributed by atoms with Crippen LogP contribution in [-0.2, 0) is 27.8 Å². The van der Waals surface area contributed by atoms with Gasteiger partial charge in [-0.2, -0.15) is 11.8 Å². The van der Waals surface area contributed by atoms with Crippen LogP contribution in [0.2, 0.25) is 0 Å². The van der Waals surface area contributed by atoms with E-state index in [0.29, 0.717) is 37.8 Å². The minimum absolute atomic E-state index is 0.00000813. The van der Waals surface area contributed by atoms with Crippen LogP contribution in [0, 0.1) is 23.0 Å². The van der Waals surface area contributed by atoms with Crippen molar-refractivity contribution < 1.29 is 28.2 Å². The summed E-state index contributed by atoms with van der Waals surface area (Å²) in [6, 6.07) is 15.1. The molecule has 2 heterocycles. The van der Waals surface area contributed by atoms with Gasteiger partial charge in [0.2, 0.25) is 0 Å². The summed E-state index contributed by atoms with van der Waals surface area (Å²) in [7, 11) is 1.49. The van der Waals surface area contributed by atoms with Crippen molar-refractivity contribution in [1.29, 1.82) is 0 Å². The van der Waals surface area contributed by atoms with Crippen LogP contribution in [-0.4, -0.2) is 59.5 Å². The molecule has 0 aliphatic carbocycles. The predicted octanol–water partition coefficient (Wildman–Crippen LogP) is 8.13. The zero-order chi connectivity index (χ0) is 36.8. The molecule has 4 N–H and O–H groups in total. The van der Waals surface area contributed by atoms with E-state index in [4.69, 9.17) is 20.2 Å². The van der Waals surface area contributed by atoms with Crippen molar-refractivity contribution in [2.45, 2.75) is 65.2 Å². The number of H-pyrrole nitrogens is 1. The highest BCUT2D eigenvalue weighted by molar-refractivity contribution is 7.99. The average Bonchev–Trinajstić information content (AvgIpc) is 3.57. The number of nitrogens with zero attached hydrogens (tertiary/aromatic N) is 2. The first kappa shape index (κ1) is 38.0. The van der Waals surface area contributed by atoms with Gasteiger partial charge < -0.3 is 25.3 Å². The lowest BCUT2D eigenvalue weighted by Gasteiger charge is -2.34. The summed E-state index contributed by atoms with van der Waals surface area (Å²) in [6.45, 7) is 7.97.